The smallest absolute Gasteiger partial charge is 0.334 e. The molecule has 0 radical (unpaired) electrons. The largest absolute Gasteiger partial charge is 0.508 e. The van der Waals surface area contributed by atoms with E-state index in [9.17, 15) is 19.8 Å². The number of carbonyl (C=O) groups excluding carboxylic acids is 1. The molecule has 2 aromatic rings. The van der Waals surface area contributed by atoms with E-state index in [1.807, 2.05) is 18.2 Å². The van der Waals surface area contributed by atoms with Gasteiger partial charge >= 0.3 is 5.97 Å². The zero-order valence-corrected chi connectivity index (χ0v) is 18.1. The summed E-state index contributed by atoms with van der Waals surface area (Å²) in [5, 5.41) is 23.1. The van der Waals surface area contributed by atoms with Crippen LogP contribution in [0.3, 0.4) is 0 Å². The molecule has 3 N–H and O–H groups in total. The fourth-order valence-electron chi connectivity index (χ4n) is 4.70. The zero-order valence-electron chi connectivity index (χ0n) is 18.1. The van der Waals surface area contributed by atoms with Gasteiger partial charge in [-0.2, -0.15) is 0 Å². The molecule has 1 aliphatic carbocycles. The maximum absolute atomic E-state index is 13.4. The van der Waals surface area contributed by atoms with Gasteiger partial charge < -0.3 is 25.0 Å². The number of carboxylic acids is 1. The number of aromatic hydroxyl groups is 1. The Hall–Kier alpha value is -3.74. The lowest BCUT2D eigenvalue weighted by Gasteiger charge is -2.36. The van der Waals surface area contributed by atoms with Gasteiger partial charge in [0.15, 0.2) is 17.3 Å². The first-order valence-corrected chi connectivity index (χ1v) is 10.3. The van der Waals surface area contributed by atoms with Crippen molar-refractivity contribution in [3.8, 4) is 17.2 Å². The molecule has 2 aliphatic rings. The Balaban J connectivity index is 1.77. The van der Waals surface area contributed by atoms with E-state index in [0.29, 0.717) is 34.8 Å². The lowest BCUT2D eigenvalue weighted by atomic mass is 9.71. The summed E-state index contributed by atoms with van der Waals surface area (Å²) in [6, 6.07) is 12.1. The van der Waals surface area contributed by atoms with E-state index in [1.165, 1.54) is 12.1 Å². The highest BCUT2D eigenvalue weighted by atomic mass is 16.5. The molecule has 2 aromatic carbocycles. The van der Waals surface area contributed by atoms with E-state index in [1.54, 1.807) is 33.3 Å². The van der Waals surface area contributed by atoms with Crippen LogP contribution in [0, 0.1) is 0 Å². The Bertz CT molecular complexity index is 1160. The quantitative estimate of drug-likeness (QED) is 0.655. The van der Waals surface area contributed by atoms with Crippen LogP contribution in [-0.2, 0) is 9.59 Å². The minimum Gasteiger partial charge on any atom is -0.508 e. The minimum atomic E-state index is -1.09. The first-order valence-electron chi connectivity index (χ1n) is 10.3. The number of ketones is 1. The Morgan fingerprint density at radius 3 is 2.44 bits per heavy atom. The summed E-state index contributed by atoms with van der Waals surface area (Å²) in [5.74, 6) is -0.800. The molecule has 0 fully saturated rings. The molecule has 0 saturated heterocycles. The van der Waals surface area contributed by atoms with Gasteiger partial charge in [-0.25, -0.2) is 4.79 Å². The van der Waals surface area contributed by atoms with E-state index in [-0.39, 0.29) is 29.4 Å². The summed E-state index contributed by atoms with van der Waals surface area (Å²) in [6.07, 6.45) is 0.799. The maximum Gasteiger partial charge on any atom is 0.334 e. The molecular weight excluding hydrogens is 410 g/mol. The molecule has 1 heterocycles. The lowest BCUT2D eigenvalue weighted by molar-refractivity contribution is -0.133. The molecule has 0 saturated carbocycles. The molecular formula is C25H25NO6. The molecule has 32 heavy (non-hydrogen) atoms. The second kappa shape index (κ2) is 8.42. The molecule has 7 nitrogen and oxygen atoms in total. The number of aliphatic carboxylic acids is 1. The highest BCUT2D eigenvalue weighted by Gasteiger charge is 2.41. The third kappa shape index (κ3) is 3.70. The number of methoxy groups -OCH3 is 2. The molecule has 2 atom stereocenters. The fraction of sp³-hybridized carbons (Fsp3) is 0.280. The number of Topliss-reactive ketones (excluding diaryl/α,β-unsaturated/α-hetero) is 1. The van der Waals surface area contributed by atoms with Crippen LogP contribution in [0.4, 0.5) is 0 Å². The average Bonchev–Trinajstić information content (AvgIpc) is 2.77. The number of nitrogens with one attached hydrogen (secondary N) is 1. The summed E-state index contributed by atoms with van der Waals surface area (Å²) in [5.41, 5.74) is 3.31. The van der Waals surface area contributed by atoms with Crippen molar-refractivity contribution in [1.29, 1.82) is 0 Å². The number of dihydropyridines is 1. The minimum absolute atomic E-state index is 0.0250. The predicted octanol–water partition coefficient (Wildman–Crippen LogP) is 3.86. The summed E-state index contributed by atoms with van der Waals surface area (Å²) < 4.78 is 10.7. The zero-order chi connectivity index (χ0) is 23.0. The average molecular weight is 435 g/mol. The van der Waals surface area contributed by atoms with Crippen LogP contribution >= 0.6 is 0 Å². The number of carboxylic acid groups (broad SMARTS) is 1. The van der Waals surface area contributed by atoms with Gasteiger partial charge in [-0.15, -0.1) is 0 Å². The van der Waals surface area contributed by atoms with Crippen LogP contribution in [0.5, 0.6) is 17.2 Å². The Labute approximate surface area is 186 Å². The van der Waals surface area contributed by atoms with Gasteiger partial charge in [0.05, 0.1) is 19.8 Å². The second-order valence-corrected chi connectivity index (χ2v) is 8.03. The number of hydrogen-bond donors (Lipinski definition) is 3. The number of rotatable bonds is 5. The lowest BCUT2D eigenvalue weighted by Crippen LogP contribution is -2.35. The number of ether oxygens (including phenoxy) is 2. The number of hydrogen-bond acceptors (Lipinski definition) is 6. The number of phenolic OH excluding ortho intramolecular Hbond substituents is 1. The first-order chi connectivity index (χ1) is 15.3. The Morgan fingerprint density at radius 2 is 1.78 bits per heavy atom. The maximum atomic E-state index is 13.4. The van der Waals surface area contributed by atoms with Crippen molar-refractivity contribution >= 4 is 11.8 Å². The van der Waals surface area contributed by atoms with E-state index < -0.39 is 11.9 Å². The van der Waals surface area contributed by atoms with Crippen molar-refractivity contribution in [2.24, 2.45) is 0 Å². The Kier molecular flexibility index (Phi) is 5.65. The molecule has 0 amide bonds. The van der Waals surface area contributed by atoms with Crippen LogP contribution < -0.4 is 14.8 Å². The van der Waals surface area contributed by atoms with E-state index in [0.717, 1.165) is 11.3 Å². The molecule has 2 unspecified atom stereocenters. The fourth-order valence-corrected chi connectivity index (χ4v) is 4.70. The standard InChI is InChI=1S/C25H25NO6/c1-13-22(25(29)30)23(15-5-4-6-17(27)9-15)24-18(26-13)10-16(11-19(24)28)14-7-8-20(31-2)21(12-14)32-3/h4-9,12,16,23,26-27H,10-11H2,1-3H3,(H,29,30). The van der Waals surface area contributed by atoms with Gasteiger partial charge in [0.1, 0.15) is 5.75 Å². The molecule has 0 aromatic heterocycles. The topological polar surface area (TPSA) is 105 Å². The van der Waals surface area contributed by atoms with Gasteiger partial charge in [-0.1, -0.05) is 18.2 Å². The van der Waals surface area contributed by atoms with Crippen molar-refractivity contribution in [3.63, 3.8) is 0 Å². The molecule has 7 heteroatoms. The van der Waals surface area contributed by atoms with E-state index >= 15 is 0 Å². The van der Waals surface area contributed by atoms with E-state index in [2.05, 4.69) is 5.32 Å². The number of carbonyl (C=O) groups is 2. The summed E-state index contributed by atoms with van der Waals surface area (Å²) in [7, 11) is 3.14. The van der Waals surface area contributed by atoms with Crippen molar-refractivity contribution in [3.05, 3.63) is 76.1 Å². The van der Waals surface area contributed by atoms with Crippen molar-refractivity contribution in [2.75, 3.05) is 14.2 Å². The van der Waals surface area contributed by atoms with Crippen LogP contribution in [0.25, 0.3) is 0 Å². The van der Waals surface area contributed by atoms with E-state index in [4.69, 9.17) is 9.47 Å². The SMILES string of the molecule is COc1ccc(C2CC(=O)C3=C(C2)NC(C)=C(C(=O)O)C3c2cccc(O)c2)cc1OC. The monoisotopic (exact) mass is 435 g/mol. The predicted molar refractivity (Wildman–Crippen MR) is 118 cm³/mol. The molecule has 0 spiro atoms. The van der Waals surface area contributed by atoms with Crippen LogP contribution in [0.1, 0.15) is 42.7 Å². The highest BCUT2D eigenvalue weighted by molar-refractivity contribution is 6.03. The van der Waals surface area contributed by atoms with Crippen LogP contribution in [0.2, 0.25) is 0 Å². The van der Waals surface area contributed by atoms with Gasteiger partial charge in [0, 0.05) is 29.3 Å². The molecule has 166 valence electrons. The molecule has 0 bridgehead atoms. The van der Waals surface area contributed by atoms with Crippen molar-refractivity contribution < 1.29 is 29.3 Å². The van der Waals surface area contributed by atoms with Gasteiger partial charge in [0.2, 0.25) is 0 Å². The third-order valence-corrected chi connectivity index (χ3v) is 6.14. The van der Waals surface area contributed by atoms with Crippen molar-refractivity contribution in [1.82, 2.24) is 5.32 Å². The van der Waals surface area contributed by atoms with Crippen LogP contribution in [0.15, 0.2) is 65.0 Å². The second-order valence-electron chi connectivity index (χ2n) is 8.03. The number of phenols is 1. The van der Waals surface area contributed by atoms with Crippen LogP contribution in [-0.4, -0.2) is 36.2 Å². The normalized spacial score (nSPS) is 20.5. The Morgan fingerprint density at radius 1 is 1.03 bits per heavy atom. The summed E-state index contributed by atoms with van der Waals surface area (Å²) in [6.45, 7) is 1.70. The van der Waals surface area contributed by atoms with Crippen molar-refractivity contribution in [2.45, 2.75) is 31.6 Å². The third-order valence-electron chi connectivity index (χ3n) is 6.14. The van der Waals surface area contributed by atoms with Gasteiger partial charge in [-0.05, 0) is 54.7 Å². The number of benzene rings is 2. The molecule has 4 rings (SSSR count). The highest BCUT2D eigenvalue weighted by Crippen LogP contribution is 2.46. The first kappa shape index (κ1) is 21.5. The van der Waals surface area contributed by atoms with Gasteiger partial charge in [0.25, 0.3) is 0 Å². The summed E-state index contributed by atoms with van der Waals surface area (Å²) in [4.78, 5) is 25.5. The molecule has 1 aliphatic heterocycles. The number of allylic oxidation sites excluding steroid dienone is 3. The summed E-state index contributed by atoms with van der Waals surface area (Å²) >= 11 is 0. The van der Waals surface area contributed by atoms with Gasteiger partial charge in [-0.3, -0.25) is 4.79 Å².